The zero-order valence-electron chi connectivity index (χ0n) is 11.4. The summed E-state index contributed by atoms with van der Waals surface area (Å²) >= 11 is 1.76. The Morgan fingerprint density at radius 1 is 1.39 bits per heavy atom. The van der Waals surface area contributed by atoms with Crippen LogP contribution in [0.4, 0.5) is 0 Å². The topological polar surface area (TPSA) is 42.1 Å². The smallest absolute Gasteiger partial charge is 0.0941 e. The molecular weight excluding hydrogens is 242 g/mol. The summed E-state index contributed by atoms with van der Waals surface area (Å²) in [5, 5.41) is 3.39. The second-order valence-electron chi connectivity index (χ2n) is 5.13. The van der Waals surface area contributed by atoms with E-state index in [2.05, 4.69) is 22.2 Å². The van der Waals surface area contributed by atoms with E-state index in [4.69, 9.17) is 5.73 Å². The number of rotatable bonds is 6. The van der Waals surface area contributed by atoms with Crippen molar-refractivity contribution in [1.29, 1.82) is 0 Å². The van der Waals surface area contributed by atoms with Crippen LogP contribution in [0.5, 0.6) is 0 Å². The van der Waals surface area contributed by atoms with E-state index in [9.17, 15) is 0 Å². The van der Waals surface area contributed by atoms with Gasteiger partial charge >= 0.3 is 0 Å². The molecule has 1 fully saturated rings. The van der Waals surface area contributed by atoms with Crippen molar-refractivity contribution in [3.05, 3.63) is 16.1 Å². The average Bonchev–Trinajstić information content (AvgIpc) is 2.85. The molecule has 4 heteroatoms. The highest BCUT2D eigenvalue weighted by Crippen LogP contribution is 2.24. The van der Waals surface area contributed by atoms with Gasteiger partial charge < -0.3 is 5.73 Å². The second kappa shape index (κ2) is 7.22. The summed E-state index contributed by atoms with van der Waals surface area (Å²) in [4.78, 5) is 7.28. The van der Waals surface area contributed by atoms with E-state index in [1.54, 1.807) is 11.3 Å². The largest absolute Gasteiger partial charge is 0.330 e. The Bertz CT molecular complexity index is 345. The van der Waals surface area contributed by atoms with Gasteiger partial charge in [0.05, 0.1) is 10.7 Å². The van der Waals surface area contributed by atoms with Crippen LogP contribution in [0.2, 0.25) is 0 Å². The van der Waals surface area contributed by atoms with E-state index < -0.39 is 0 Å². The van der Waals surface area contributed by atoms with Gasteiger partial charge in [0.1, 0.15) is 0 Å². The van der Waals surface area contributed by atoms with Crippen LogP contribution in [0.1, 0.15) is 49.7 Å². The molecule has 2 N–H and O–H groups in total. The zero-order valence-corrected chi connectivity index (χ0v) is 12.2. The molecule has 0 bridgehead atoms. The maximum Gasteiger partial charge on any atom is 0.0941 e. The van der Waals surface area contributed by atoms with Gasteiger partial charge in [-0.25, -0.2) is 4.98 Å². The lowest BCUT2D eigenvalue weighted by Gasteiger charge is -2.33. The van der Waals surface area contributed by atoms with Crippen LogP contribution >= 0.6 is 11.3 Å². The van der Waals surface area contributed by atoms with Crippen molar-refractivity contribution in [1.82, 2.24) is 9.88 Å². The molecule has 0 amide bonds. The minimum atomic E-state index is 0.701. The average molecular weight is 267 g/mol. The van der Waals surface area contributed by atoms with Crippen LogP contribution in [0.25, 0.3) is 0 Å². The van der Waals surface area contributed by atoms with E-state index in [1.165, 1.54) is 42.8 Å². The molecular formula is C14H25N3S. The van der Waals surface area contributed by atoms with Crippen molar-refractivity contribution in [2.75, 3.05) is 13.1 Å². The predicted molar refractivity (Wildman–Crippen MR) is 77.8 cm³/mol. The fraction of sp³-hybridized carbons (Fsp3) is 0.786. The fourth-order valence-electron chi connectivity index (χ4n) is 2.81. The molecule has 2 rings (SSSR count). The van der Waals surface area contributed by atoms with Gasteiger partial charge in [-0.2, -0.15) is 0 Å². The molecule has 0 atom stereocenters. The number of hydrogen-bond acceptors (Lipinski definition) is 4. The van der Waals surface area contributed by atoms with E-state index >= 15 is 0 Å². The molecule has 1 saturated carbocycles. The number of nitrogens with two attached hydrogens (primary N) is 1. The molecule has 1 aliphatic rings. The lowest BCUT2D eigenvalue weighted by Crippen LogP contribution is -2.36. The first-order chi connectivity index (χ1) is 8.83. The standard InChI is InChI=1S/C14H25N3S/c1-2-17(13-6-4-3-5-7-13)10-12-11-18-14(16-12)8-9-15/h11,13H,2-10,15H2,1H3. The molecule has 1 heterocycles. The van der Waals surface area contributed by atoms with E-state index in [0.717, 1.165) is 25.6 Å². The molecule has 18 heavy (non-hydrogen) atoms. The van der Waals surface area contributed by atoms with Gasteiger partial charge in [0.25, 0.3) is 0 Å². The predicted octanol–water partition coefficient (Wildman–Crippen LogP) is 2.80. The molecule has 0 saturated heterocycles. The number of nitrogens with zero attached hydrogens (tertiary/aromatic N) is 2. The van der Waals surface area contributed by atoms with E-state index in [-0.39, 0.29) is 0 Å². The Morgan fingerprint density at radius 3 is 2.83 bits per heavy atom. The first-order valence-corrected chi connectivity index (χ1v) is 8.08. The van der Waals surface area contributed by atoms with Crippen molar-refractivity contribution in [3.63, 3.8) is 0 Å². The molecule has 1 aromatic heterocycles. The summed E-state index contributed by atoms with van der Waals surface area (Å²) < 4.78 is 0. The van der Waals surface area contributed by atoms with Crippen molar-refractivity contribution in [2.45, 2.75) is 58.0 Å². The third kappa shape index (κ3) is 3.77. The van der Waals surface area contributed by atoms with Crippen LogP contribution in [0.3, 0.4) is 0 Å². The molecule has 0 radical (unpaired) electrons. The Kier molecular flexibility index (Phi) is 5.60. The molecule has 0 aromatic carbocycles. The summed E-state index contributed by atoms with van der Waals surface area (Å²) in [7, 11) is 0. The lowest BCUT2D eigenvalue weighted by atomic mass is 9.94. The normalized spacial score (nSPS) is 17.5. The quantitative estimate of drug-likeness (QED) is 0.862. The zero-order chi connectivity index (χ0) is 12.8. The molecule has 3 nitrogen and oxygen atoms in total. The monoisotopic (exact) mass is 267 g/mol. The maximum atomic E-state index is 5.57. The minimum absolute atomic E-state index is 0.701. The van der Waals surface area contributed by atoms with E-state index in [1.807, 2.05) is 0 Å². The Balaban J connectivity index is 1.91. The molecule has 0 unspecified atom stereocenters. The van der Waals surface area contributed by atoms with Crippen molar-refractivity contribution >= 4 is 11.3 Å². The highest BCUT2D eigenvalue weighted by Gasteiger charge is 2.20. The van der Waals surface area contributed by atoms with Gasteiger partial charge in [-0.3, -0.25) is 4.90 Å². The second-order valence-corrected chi connectivity index (χ2v) is 6.07. The van der Waals surface area contributed by atoms with Crippen LogP contribution in [-0.2, 0) is 13.0 Å². The summed E-state index contributed by atoms with van der Waals surface area (Å²) in [5.74, 6) is 0. The van der Waals surface area contributed by atoms with Crippen molar-refractivity contribution in [3.8, 4) is 0 Å². The molecule has 102 valence electrons. The molecule has 0 aliphatic heterocycles. The number of hydrogen-bond donors (Lipinski definition) is 1. The van der Waals surface area contributed by atoms with Crippen LogP contribution in [-0.4, -0.2) is 29.0 Å². The number of thiazole rings is 1. The molecule has 0 spiro atoms. The maximum absolute atomic E-state index is 5.57. The minimum Gasteiger partial charge on any atom is -0.330 e. The third-order valence-electron chi connectivity index (χ3n) is 3.82. The van der Waals surface area contributed by atoms with Gasteiger partial charge in [0.15, 0.2) is 0 Å². The van der Waals surface area contributed by atoms with Gasteiger partial charge in [-0.1, -0.05) is 26.2 Å². The highest BCUT2D eigenvalue weighted by atomic mass is 32.1. The number of aromatic nitrogens is 1. The summed E-state index contributed by atoms with van der Waals surface area (Å²) in [6.45, 7) is 5.12. The summed E-state index contributed by atoms with van der Waals surface area (Å²) in [6, 6.07) is 0.781. The fourth-order valence-corrected chi connectivity index (χ4v) is 3.62. The van der Waals surface area contributed by atoms with Gasteiger partial charge in [-0.15, -0.1) is 11.3 Å². The highest BCUT2D eigenvalue weighted by molar-refractivity contribution is 7.09. The SMILES string of the molecule is CCN(Cc1csc(CCN)n1)C1CCCCC1. The van der Waals surface area contributed by atoms with Gasteiger partial charge in [0, 0.05) is 24.4 Å². The first-order valence-electron chi connectivity index (χ1n) is 7.21. The summed E-state index contributed by atoms with van der Waals surface area (Å²) in [6.07, 6.45) is 7.88. The lowest BCUT2D eigenvalue weighted by molar-refractivity contribution is 0.154. The van der Waals surface area contributed by atoms with Crippen molar-refractivity contribution < 1.29 is 0 Å². The van der Waals surface area contributed by atoms with Crippen LogP contribution in [0, 0.1) is 0 Å². The van der Waals surface area contributed by atoms with Gasteiger partial charge in [0.2, 0.25) is 0 Å². The Morgan fingerprint density at radius 2 is 2.17 bits per heavy atom. The Hall–Kier alpha value is -0.450. The van der Waals surface area contributed by atoms with Crippen molar-refractivity contribution in [2.24, 2.45) is 5.73 Å². The summed E-state index contributed by atoms with van der Waals surface area (Å²) in [5.41, 5.74) is 6.80. The van der Waals surface area contributed by atoms with Crippen LogP contribution < -0.4 is 5.73 Å². The Labute approximate surface area is 114 Å². The van der Waals surface area contributed by atoms with E-state index in [0.29, 0.717) is 6.54 Å². The third-order valence-corrected chi connectivity index (χ3v) is 4.78. The molecule has 1 aromatic rings. The van der Waals surface area contributed by atoms with Crippen LogP contribution in [0.15, 0.2) is 5.38 Å². The first kappa shape index (κ1) is 14.0. The van der Waals surface area contributed by atoms with Gasteiger partial charge in [-0.05, 0) is 25.9 Å². The molecule has 1 aliphatic carbocycles.